The van der Waals surface area contributed by atoms with E-state index < -0.39 is 5.82 Å². The van der Waals surface area contributed by atoms with E-state index in [-0.39, 0.29) is 11.6 Å². The van der Waals surface area contributed by atoms with E-state index in [2.05, 4.69) is 10.3 Å². The van der Waals surface area contributed by atoms with Crippen LogP contribution in [0.2, 0.25) is 0 Å². The summed E-state index contributed by atoms with van der Waals surface area (Å²) in [6, 6.07) is 7.21. The highest BCUT2D eigenvalue weighted by atomic mass is 19.1. The molecule has 0 aliphatic heterocycles. The van der Waals surface area contributed by atoms with Crippen LogP contribution >= 0.6 is 0 Å². The molecule has 92 valence electrons. The van der Waals surface area contributed by atoms with Crippen molar-refractivity contribution in [1.29, 1.82) is 0 Å². The minimum atomic E-state index is -0.492. The monoisotopic (exact) mass is 245 g/mol. The number of carbonyl (C=O) groups is 1. The number of anilines is 2. The van der Waals surface area contributed by atoms with Crippen LogP contribution in [0.3, 0.4) is 0 Å². The van der Waals surface area contributed by atoms with Gasteiger partial charge in [-0.05, 0) is 37.3 Å². The lowest BCUT2D eigenvalue weighted by Gasteiger charge is -2.07. The summed E-state index contributed by atoms with van der Waals surface area (Å²) in [5.74, 6) is -0.834. The summed E-state index contributed by atoms with van der Waals surface area (Å²) in [6.07, 6.45) is 1.60. The standard InChI is InChI=1S/C13H12FN3O/c1-8-12(3-2-4-16-8)13(18)17-11-6-9(14)5-10(15)7-11/h2-7H,15H2,1H3,(H,17,18). The SMILES string of the molecule is Cc1ncccc1C(=O)Nc1cc(N)cc(F)c1. The molecule has 2 rings (SSSR count). The zero-order valence-electron chi connectivity index (χ0n) is 9.77. The molecule has 3 N–H and O–H groups in total. The molecule has 0 saturated heterocycles. The minimum absolute atomic E-state index is 0.258. The number of amides is 1. The van der Waals surface area contributed by atoms with Gasteiger partial charge in [-0.15, -0.1) is 0 Å². The first kappa shape index (κ1) is 12.0. The zero-order valence-corrected chi connectivity index (χ0v) is 9.77. The van der Waals surface area contributed by atoms with Crippen LogP contribution < -0.4 is 11.1 Å². The van der Waals surface area contributed by atoms with Gasteiger partial charge in [-0.1, -0.05) is 0 Å². The molecule has 0 aliphatic carbocycles. The van der Waals surface area contributed by atoms with Gasteiger partial charge in [-0.3, -0.25) is 9.78 Å². The fourth-order valence-corrected chi connectivity index (χ4v) is 1.61. The van der Waals surface area contributed by atoms with Gasteiger partial charge < -0.3 is 11.1 Å². The number of nitrogen functional groups attached to an aromatic ring is 1. The molecule has 1 aromatic carbocycles. The molecule has 0 spiro atoms. The van der Waals surface area contributed by atoms with E-state index in [0.717, 1.165) is 0 Å². The summed E-state index contributed by atoms with van der Waals surface area (Å²) in [5.41, 5.74) is 7.13. The third kappa shape index (κ3) is 2.63. The number of benzene rings is 1. The number of nitrogens with zero attached hydrogens (tertiary/aromatic N) is 1. The fraction of sp³-hybridized carbons (Fsp3) is 0.0769. The smallest absolute Gasteiger partial charge is 0.257 e. The number of hydrogen-bond acceptors (Lipinski definition) is 3. The Kier molecular flexibility index (Phi) is 3.23. The summed E-state index contributed by atoms with van der Waals surface area (Å²) in [5, 5.41) is 2.58. The van der Waals surface area contributed by atoms with Crippen molar-refractivity contribution in [3.63, 3.8) is 0 Å². The Balaban J connectivity index is 2.24. The number of nitrogens with one attached hydrogen (secondary N) is 1. The maximum atomic E-state index is 13.1. The first-order valence-corrected chi connectivity index (χ1v) is 5.35. The molecule has 0 atom stereocenters. The predicted molar refractivity (Wildman–Crippen MR) is 67.7 cm³/mol. The van der Waals surface area contributed by atoms with E-state index in [4.69, 9.17) is 5.73 Å². The lowest BCUT2D eigenvalue weighted by atomic mass is 10.2. The summed E-state index contributed by atoms with van der Waals surface area (Å²) >= 11 is 0. The highest BCUT2D eigenvalue weighted by Gasteiger charge is 2.10. The van der Waals surface area contributed by atoms with Crippen LogP contribution in [-0.4, -0.2) is 10.9 Å². The van der Waals surface area contributed by atoms with Gasteiger partial charge in [0.2, 0.25) is 0 Å². The topological polar surface area (TPSA) is 68.0 Å². The Morgan fingerprint density at radius 2 is 2.17 bits per heavy atom. The number of nitrogens with two attached hydrogens (primary N) is 1. The van der Waals surface area contributed by atoms with E-state index in [0.29, 0.717) is 16.9 Å². The molecule has 1 amide bonds. The first-order chi connectivity index (χ1) is 8.56. The molecule has 0 saturated carbocycles. The molecule has 0 aliphatic rings. The number of halogens is 1. The largest absolute Gasteiger partial charge is 0.399 e. The van der Waals surface area contributed by atoms with Crippen LogP contribution in [0, 0.1) is 12.7 Å². The normalized spacial score (nSPS) is 10.1. The number of hydrogen-bond donors (Lipinski definition) is 2. The van der Waals surface area contributed by atoms with Gasteiger partial charge in [0.15, 0.2) is 0 Å². The number of carbonyl (C=O) groups excluding carboxylic acids is 1. The Labute approximate surface area is 104 Å². The first-order valence-electron chi connectivity index (χ1n) is 5.35. The van der Waals surface area contributed by atoms with E-state index in [9.17, 15) is 9.18 Å². The third-order valence-electron chi connectivity index (χ3n) is 2.43. The van der Waals surface area contributed by atoms with Gasteiger partial charge in [-0.25, -0.2) is 4.39 Å². The van der Waals surface area contributed by atoms with Crippen molar-refractivity contribution in [3.8, 4) is 0 Å². The van der Waals surface area contributed by atoms with Gasteiger partial charge in [0, 0.05) is 23.3 Å². The Bertz CT molecular complexity index is 578. The number of rotatable bonds is 2. The van der Waals surface area contributed by atoms with Gasteiger partial charge in [-0.2, -0.15) is 0 Å². The average Bonchev–Trinajstić information content (AvgIpc) is 2.27. The summed E-state index contributed by atoms with van der Waals surface area (Å²) in [7, 11) is 0. The van der Waals surface area contributed by atoms with Crippen LogP contribution in [-0.2, 0) is 0 Å². The molecule has 0 unspecified atom stereocenters. The van der Waals surface area contributed by atoms with Gasteiger partial charge in [0.25, 0.3) is 5.91 Å². The molecule has 1 aromatic heterocycles. The van der Waals surface area contributed by atoms with Crippen LogP contribution in [0.4, 0.5) is 15.8 Å². The third-order valence-corrected chi connectivity index (χ3v) is 2.43. The molecule has 18 heavy (non-hydrogen) atoms. The maximum absolute atomic E-state index is 13.1. The quantitative estimate of drug-likeness (QED) is 0.798. The zero-order chi connectivity index (χ0) is 13.1. The molecule has 1 heterocycles. The van der Waals surface area contributed by atoms with Crippen molar-refractivity contribution in [2.24, 2.45) is 0 Å². The van der Waals surface area contributed by atoms with Crippen molar-refractivity contribution >= 4 is 17.3 Å². The van der Waals surface area contributed by atoms with Crippen molar-refractivity contribution in [1.82, 2.24) is 4.98 Å². The molecular weight excluding hydrogens is 233 g/mol. The molecule has 2 aromatic rings. The Hall–Kier alpha value is -2.43. The lowest BCUT2D eigenvalue weighted by molar-refractivity contribution is 0.102. The molecule has 0 fully saturated rings. The van der Waals surface area contributed by atoms with Gasteiger partial charge in [0.05, 0.1) is 5.56 Å². The summed E-state index contributed by atoms with van der Waals surface area (Å²) in [4.78, 5) is 16.0. The lowest BCUT2D eigenvalue weighted by Crippen LogP contribution is -2.14. The average molecular weight is 245 g/mol. The van der Waals surface area contributed by atoms with E-state index in [1.54, 1.807) is 25.3 Å². The van der Waals surface area contributed by atoms with E-state index in [1.165, 1.54) is 18.2 Å². The molecule has 4 nitrogen and oxygen atoms in total. The van der Waals surface area contributed by atoms with Gasteiger partial charge in [0.1, 0.15) is 5.82 Å². The maximum Gasteiger partial charge on any atom is 0.257 e. The highest BCUT2D eigenvalue weighted by molar-refractivity contribution is 6.05. The summed E-state index contributed by atoms with van der Waals surface area (Å²) in [6.45, 7) is 1.73. The van der Waals surface area contributed by atoms with Crippen molar-refractivity contribution < 1.29 is 9.18 Å². The highest BCUT2D eigenvalue weighted by Crippen LogP contribution is 2.16. The minimum Gasteiger partial charge on any atom is -0.399 e. The van der Waals surface area contributed by atoms with Crippen molar-refractivity contribution in [2.75, 3.05) is 11.1 Å². The fourth-order valence-electron chi connectivity index (χ4n) is 1.61. The van der Waals surface area contributed by atoms with E-state index in [1.807, 2.05) is 0 Å². The molecule has 0 bridgehead atoms. The summed E-state index contributed by atoms with van der Waals surface area (Å²) < 4.78 is 13.1. The van der Waals surface area contributed by atoms with E-state index >= 15 is 0 Å². The van der Waals surface area contributed by atoms with Crippen LogP contribution in [0.15, 0.2) is 36.5 Å². The molecule has 5 heteroatoms. The second-order valence-electron chi connectivity index (χ2n) is 3.86. The number of aromatic nitrogens is 1. The second-order valence-corrected chi connectivity index (χ2v) is 3.86. The molecular formula is C13H12FN3O. The van der Waals surface area contributed by atoms with Crippen LogP contribution in [0.1, 0.15) is 16.1 Å². The van der Waals surface area contributed by atoms with Crippen LogP contribution in [0.25, 0.3) is 0 Å². The second kappa shape index (κ2) is 4.83. The Morgan fingerprint density at radius 3 is 2.83 bits per heavy atom. The van der Waals surface area contributed by atoms with Crippen molar-refractivity contribution in [2.45, 2.75) is 6.92 Å². The predicted octanol–water partition coefficient (Wildman–Crippen LogP) is 2.36. The van der Waals surface area contributed by atoms with Crippen LogP contribution in [0.5, 0.6) is 0 Å². The van der Waals surface area contributed by atoms with Gasteiger partial charge >= 0.3 is 0 Å². The molecule has 0 radical (unpaired) electrons. The Morgan fingerprint density at radius 1 is 1.39 bits per heavy atom. The number of aryl methyl sites for hydroxylation is 1. The van der Waals surface area contributed by atoms with Crippen molar-refractivity contribution in [3.05, 3.63) is 53.6 Å². The number of pyridine rings is 1.